The standard InChI is InChI=1S/C12H16O2.Ca.2H/c1-9(2)12(3,11(13)14)10-7-5-4-6-8-10;;;/h4-9H,1-3H3,(H,13,14);;;. The van der Waals surface area contributed by atoms with Crippen molar-refractivity contribution in [2.24, 2.45) is 5.92 Å². The molecule has 1 aromatic rings. The monoisotopic (exact) mass is 234 g/mol. The Balaban J connectivity index is 0.00000196. The molecular weight excluding hydrogens is 216 g/mol. The molecule has 1 aromatic carbocycles. The minimum absolute atomic E-state index is 0. The van der Waals surface area contributed by atoms with E-state index in [1.54, 1.807) is 6.92 Å². The predicted octanol–water partition coefficient (Wildman–Crippen LogP) is 1.77. The van der Waals surface area contributed by atoms with Gasteiger partial charge in [-0.3, -0.25) is 4.79 Å². The van der Waals surface area contributed by atoms with E-state index in [9.17, 15) is 9.90 Å². The average Bonchev–Trinajstić information content (AvgIpc) is 2.17. The van der Waals surface area contributed by atoms with E-state index >= 15 is 0 Å². The van der Waals surface area contributed by atoms with Crippen LogP contribution in [0.15, 0.2) is 30.3 Å². The van der Waals surface area contributed by atoms with Crippen molar-refractivity contribution in [2.45, 2.75) is 26.2 Å². The number of benzene rings is 1. The summed E-state index contributed by atoms with van der Waals surface area (Å²) in [5.41, 5.74) is 0.0730. The van der Waals surface area contributed by atoms with Crippen LogP contribution in [0.5, 0.6) is 0 Å². The Bertz CT molecular complexity index is 322. The molecule has 1 rings (SSSR count). The van der Waals surface area contributed by atoms with Gasteiger partial charge < -0.3 is 5.11 Å². The van der Waals surface area contributed by atoms with E-state index in [0.29, 0.717) is 0 Å². The summed E-state index contributed by atoms with van der Waals surface area (Å²) >= 11 is 0. The normalized spacial score (nSPS) is 14.1. The zero-order valence-electron chi connectivity index (χ0n) is 8.82. The molecule has 0 radical (unpaired) electrons. The Kier molecular flexibility index (Phi) is 5.86. The molecule has 0 fully saturated rings. The number of carboxylic acid groups (broad SMARTS) is 1. The molecule has 80 valence electrons. The fourth-order valence-corrected chi connectivity index (χ4v) is 1.49. The molecule has 0 aromatic heterocycles. The van der Waals surface area contributed by atoms with Gasteiger partial charge in [0.15, 0.2) is 0 Å². The third kappa shape index (κ3) is 2.96. The van der Waals surface area contributed by atoms with Crippen LogP contribution in [0.1, 0.15) is 26.3 Å². The Hall–Kier alpha value is -0.0503. The first-order chi connectivity index (χ1) is 6.49. The van der Waals surface area contributed by atoms with E-state index < -0.39 is 11.4 Å². The molecule has 1 atom stereocenters. The van der Waals surface area contributed by atoms with Crippen LogP contribution >= 0.6 is 0 Å². The maximum atomic E-state index is 11.3. The van der Waals surface area contributed by atoms with Crippen molar-refractivity contribution in [3.05, 3.63) is 35.9 Å². The number of hydrogen-bond donors (Lipinski definition) is 1. The predicted molar refractivity (Wildman–Crippen MR) is 64.8 cm³/mol. The third-order valence-electron chi connectivity index (χ3n) is 2.97. The van der Waals surface area contributed by atoms with E-state index in [1.165, 1.54) is 0 Å². The van der Waals surface area contributed by atoms with Gasteiger partial charge in [-0.05, 0) is 18.4 Å². The fraction of sp³-hybridized carbons (Fsp3) is 0.417. The quantitative estimate of drug-likeness (QED) is 0.809. The Morgan fingerprint density at radius 3 is 2.07 bits per heavy atom. The maximum absolute atomic E-state index is 11.3. The summed E-state index contributed by atoms with van der Waals surface area (Å²) in [5.74, 6) is -0.693. The Morgan fingerprint density at radius 2 is 1.73 bits per heavy atom. The van der Waals surface area contributed by atoms with Crippen molar-refractivity contribution in [2.75, 3.05) is 0 Å². The van der Waals surface area contributed by atoms with Gasteiger partial charge in [0, 0.05) is 0 Å². The summed E-state index contributed by atoms with van der Waals surface area (Å²) in [7, 11) is 0. The fourth-order valence-electron chi connectivity index (χ4n) is 1.49. The summed E-state index contributed by atoms with van der Waals surface area (Å²) in [6, 6.07) is 9.38. The Morgan fingerprint density at radius 1 is 1.27 bits per heavy atom. The third-order valence-corrected chi connectivity index (χ3v) is 2.97. The SMILES string of the molecule is CC(C)C(C)(C(=O)O)c1ccccc1.[CaH2]. The van der Waals surface area contributed by atoms with Gasteiger partial charge in [-0.25, -0.2) is 0 Å². The molecule has 0 aliphatic rings. The molecule has 1 N–H and O–H groups in total. The molecule has 0 saturated carbocycles. The van der Waals surface area contributed by atoms with Gasteiger partial charge in [0.25, 0.3) is 0 Å². The van der Waals surface area contributed by atoms with Crippen LogP contribution in [0.4, 0.5) is 0 Å². The average molecular weight is 234 g/mol. The molecular formula is C12H18CaO2. The van der Waals surface area contributed by atoms with Crippen LogP contribution in [-0.2, 0) is 10.2 Å². The number of aliphatic carboxylic acids is 1. The number of carboxylic acids is 1. The molecule has 0 bridgehead atoms. The van der Waals surface area contributed by atoms with Gasteiger partial charge in [-0.1, -0.05) is 44.2 Å². The van der Waals surface area contributed by atoms with Crippen molar-refractivity contribution in [1.82, 2.24) is 0 Å². The minimum atomic E-state index is -0.790. The molecule has 1 unspecified atom stereocenters. The summed E-state index contributed by atoms with van der Waals surface area (Å²) in [5, 5.41) is 9.26. The van der Waals surface area contributed by atoms with Crippen molar-refractivity contribution in [1.29, 1.82) is 0 Å². The number of carbonyl (C=O) groups is 1. The molecule has 0 aliphatic carbocycles. The molecule has 3 heteroatoms. The first-order valence-electron chi connectivity index (χ1n) is 4.78. The van der Waals surface area contributed by atoms with Gasteiger partial charge in [0.05, 0.1) is 5.41 Å². The Labute approximate surface area is 121 Å². The molecule has 0 heterocycles. The molecule has 0 spiro atoms. The number of rotatable bonds is 3. The van der Waals surface area contributed by atoms with Crippen molar-refractivity contribution in [3.63, 3.8) is 0 Å². The van der Waals surface area contributed by atoms with E-state index in [4.69, 9.17) is 0 Å². The second-order valence-corrected chi connectivity index (χ2v) is 4.03. The molecule has 2 nitrogen and oxygen atoms in total. The van der Waals surface area contributed by atoms with Crippen molar-refractivity contribution >= 4 is 43.7 Å². The summed E-state index contributed by atoms with van der Waals surface area (Å²) < 4.78 is 0. The number of hydrogen-bond acceptors (Lipinski definition) is 1. The van der Waals surface area contributed by atoms with E-state index in [0.717, 1.165) is 5.56 Å². The summed E-state index contributed by atoms with van der Waals surface area (Å²) in [6.07, 6.45) is 0. The van der Waals surface area contributed by atoms with Crippen LogP contribution < -0.4 is 0 Å². The molecule has 0 aliphatic heterocycles. The van der Waals surface area contributed by atoms with E-state index in [2.05, 4.69) is 0 Å². The zero-order valence-corrected chi connectivity index (χ0v) is 8.82. The van der Waals surface area contributed by atoms with Crippen molar-refractivity contribution < 1.29 is 9.90 Å². The first-order valence-corrected chi connectivity index (χ1v) is 4.78. The van der Waals surface area contributed by atoms with Crippen LogP contribution in [-0.4, -0.2) is 48.8 Å². The first kappa shape index (κ1) is 14.9. The molecule has 0 amide bonds. The van der Waals surface area contributed by atoms with E-state index in [-0.39, 0.29) is 43.7 Å². The van der Waals surface area contributed by atoms with Gasteiger partial charge in [0.2, 0.25) is 0 Å². The molecule has 15 heavy (non-hydrogen) atoms. The van der Waals surface area contributed by atoms with Crippen LogP contribution in [0.25, 0.3) is 0 Å². The van der Waals surface area contributed by atoms with Crippen LogP contribution in [0, 0.1) is 5.92 Å². The van der Waals surface area contributed by atoms with Gasteiger partial charge >= 0.3 is 43.7 Å². The van der Waals surface area contributed by atoms with Gasteiger partial charge in [-0.15, -0.1) is 0 Å². The topological polar surface area (TPSA) is 37.3 Å². The van der Waals surface area contributed by atoms with Crippen molar-refractivity contribution in [3.8, 4) is 0 Å². The summed E-state index contributed by atoms with van der Waals surface area (Å²) in [6.45, 7) is 5.64. The molecule has 0 saturated heterocycles. The summed E-state index contributed by atoms with van der Waals surface area (Å²) in [4.78, 5) is 11.3. The van der Waals surface area contributed by atoms with Crippen LogP contribution in [0.3, 0.4) is 0 Å². The zero-order chi connectivity index (χ0) is 10.8. The van der Waals surface area contributed by atoms with E-state index in [1.807, 2.05) is 44.2 Å². The second-order valence-electron chi connectivity index (χ2n) is 4.03. The second kappa shape index (κ2) is 5.88. The van der Waals surface area contributed by atoms with Crippen LogP contribution in [0.2, 0.25) is 0 Å². The van der Waals surface area contributed by atoms with Gasteiger partial charge in [0.1, 0.15) is 0 Å². The van der Waals surface area contributed by atoms with Gasteiger partial charge in [-0.2, -0.15) is 0 Å².